The van der Waals surface area contributed by atoms with E-state index in [0.29, 0.717) is 6.54 Å². The molecule has 2 heterocycles. The largest absolute Gasteiger partial charge is 0.497 e. The molecule has 8 heteroatoms. The molecule has 2 saturated heterocycles. The Kier molecular flexibility index (Phi) is 8.81. The number of anilines is 1. The summed E-state index contributed by atoms with van der Waals surface area (Å²) in [5.74, 6) is 3.63. The molecule has 1 aromatic carbocycles. The van der Waals surface area contributed by atoms with Crippen LogP contribution in [-0.2, 0) is 0 Å². The van der Waals surface area contributed by atoms with Crippen molar-refractivity contribution in [2.75, 3.05) is 62.8 Å². The van der Waals surface area contributed by atoms with Crippen LogP contribution in [0.15, 0.2) is 29.3 Å². The molecule has 0 saturated carbocycles. The normalized spacial score (nSPS) is 23.1. The number of guanidine groups is 1. The number of piperazine rings is 1. The lowest BCUT2D eigenvalue weighted by molar-refractivity contribution is 0.0775. The predicted octanol–water partition coefficient (Wildman–Crippen LogP) is 2.27. The van der Waals surface area contributed by atoms with Crippen LogP contribution < -0.4 is 15.0 Å². The summed E-state index contributed by atoms with van der Waals surface area (Å²) >= 11 is 1.81. The highest BCUT2D eigenvalue weighted by molar-refractivity contribution is 14.0. The molecular weight excluding hydrogens is 475 g/mol. The monoisotopic (exact) mass is 506 g/mol. The Morgan fingerprint density at radius 1 is 1.26 bits per heavy atom. The van der Waals surface area contributed by atoms with Crippen LogP contribution in [0.2, 0.25) is 0 Å². The number of hydrogen-bond acceptors (Lipinski definition) is 5. The van der Waals surface area contributed by atoms with Gasteiger partial charge in [0.05, 0.1) is 19.3 Å². The molecule has 0 radical (unpaired) electrons. The Balaban J connectivity index is 0.00000261. The van der Waals surface area contributed by atoms with Crippen LogP contribution in [0, 0.1) is 0 Å². The smallest absolute Gasteiger partial charge is 0.194 e. The van der Waals surface area contributed by atoms with Crippen molar-refractivity contribution in [1.29, 1.82) is 0 Å². The highest BCUT2D eigenvalue weighted by Gasteiger charge is 2.32. The van der Waals surface area contributed by atoms with Gasteiger partial charge in [0.15, 0.2) is 5.96 Å². The standard InChI is InChI=1S/C19H30N4O2S.HI/c1-3-20-18(21-14-19(24)8-13-26-15-19)23-11-9-22(10-12-23)16-4-6-17(25-2)7-5-16;/h4-7,24H,3,8-15H2,1-2H3,(H,20,21);1H. The number of thioether (sulfide) groups is 1. The van der Waals surface area contributed by atoms with Crippen LogP contribution in [0.3, 0.4) is 0 Å². The van der Waals surface area contributed by atoms with E-state index in [4.69, 9.17) is 9.73 Å². The zero-order chi connectivity index (χ0) is 18.4. The zero-order valence-corrected chi connectivity index (χ0v) is 19.3. The van der Waals surface area contributed by atoms with Crippen LogP contribution in [0.4, 0.5) is 5.69 Å². The summed E-state index contributed by atoms with van der Waals surface area (Å²) in [6, 6.07) is 8.24. The maximum Gasteiger partial charge on any atom is 0.194 e. The molecule has 2 N–H and O–H groups in total. The molecule has 152 valence electrons. The van der Waals surface area contributed by atoms with Crippen molar-refractivity contribution in [2.45, 2.75) is 18.9 Å². The van der Waals surface area contributed by atoms with E-state index in [9.17, 15) is 5.11 Å². The fraction of sp³-hybridized carbons (Fsp3) is 0.632. The van der Waals surface area contributed by atoms with E-state index in [1.165, 1.54) is 5.69 Å². The molecule has 0 spiro atoms. The number of aliphatic hydroxyl groups is 1. The van der Waals surface area contributed by atoms with Crippen molar-refractivity contribution in [2.24, 2.45) is 4.99 Å². The molecule has 2 aliphatic rings. The lowest BCUT2D eigenvalue weighted by Gasteiger charge is -2.38. The lowest BCUT2D eigenvalue weighted by Crippen LogP contribution is -2.53. The Bertz CT molecular complexity index is 600. The molecule has 0 bridgehead atoms. The molecule has 27 heavy (non-hydrogen) atoms. The second-order valence-corrected chi connectivity index (χ2v) is 7.97. The van der Waals surface area contributed by atoms with E-state index in [1.807, 2.05) is 23.9 Å². The Morgan fingerprint density at radius 2 is 1.96 bits per heavy atom. The van der Waals surface area contributed by atoms with E-state index >= 15 is 0 Å². The number of nitrogens with one attached hydrogen (secondary N) is 1. The van der Waals surface area contributed by atoms with Crippen LogP contribution >= 0.6 is 35.7 Å². The molecule has 1 atom stereocenters. The summed E-state index contributed by atoms with van der Waals surface area (Å²) in [5.41, 5.74) is 0.598. The zero-order valence-electron chi connectivity index (χ0n) is 16.2. The number of halogens is 1. The van der Waals surface area contributed by atoms with Crippen molar-refractivity contribution in [3.8, 4) is 5.75 Å². The topological polar surface area (TPSA) is 60.3 Å². The minimum Gasteiger partial charge on any atom is -0.497 e. The molecular formula is C19H31IN4O2S. The van der Waals surface area contributed by atoms with Crippen LogP contribution in [0.25, 0.3) is 0 Å². The van der Waals surface area contributed by atoms with E-state index in [2.05, 4.69) is 34.2 Å². The molecule has 2 fully saturated rings. The summed E-state index contributed by atoms with van der Waals surface area (Å²) in [7, 11) is 1.69. The van der Waals surface area contributed by atoms with Crippen LogP contribution in [-0.4, -0.2) is 79.5 Å². The molecule has 0 aromatic heterocycles. The summed E-state index contributed by atoms with van der Waals surface area (Å²) < 4.78 is 5.24. The Hall–Kier alpha value is -0.870. The number of benzene rings is 1. The van der Waals surface area contributed by atoms with E-state index in [0.717, 1.165) is 62.4 Å². The van der Waals surface area contributed by atoms with Crippen molar-refractivity contribution < 1.29 is 9.84 Å². The third kappa shape index (κ3) is 6.05. The molecule has 1 aromatic rings. The minimum atomic E-state index is -0.629. The van der Waals surface area contributed by atoms with Gasteiger partial charge in [0.25, 0.3) is 0 Å². The number of hydrogen-bond donors (Lipinski definition) is 2. The molecule has 0 aliphatic carbocycles. The minimum absolute atomic E-state index is 0. The van der Waals surface area contributed by atoms with Gasteiger partial charge in [-0.3, -0.25) is 4.99 Å². The second kappa shape index (κ2) is 10.6. The van der Waals surface area contributed by atoms with Gasteiger partial charge >= 0.3 is 0 Å². The molecule has 2 aliphatic heterocycles. The summed E-state index contributed by atoms with van der Waals surface area (Å²) in [6.45, 7) is 7.17. The average molecular weight is 506 g/mol. The number of aliphatic imine (C=N–C) groups is 1. The maximum atomic E-state index is 10.5. The van der Waals surface area contributed by atoms with Crippen LogP contribution in [0.1, 0.15) is 13.3 Å². The molecule has 6 nitrogen and oxygen atoms in total. The maximum absolute atomic E-state index is 10.5. The number of ether oxygens (including phenoxy) is 1. The third-order valence-electron chi connectivity index (χ3n) is 4.96. The number of nitrogens with zero attached hydrogens (tertiary/aromatic N) is 3. The number of methoxy groups -OCH3 is 1. The van der Waals surface area contributed by atoms with Gasteiger partial charge in [0, 0.05) is 44.2 Å². The van der Waals surface area contributed by atoms with Crippen molar-refractivity contribution in [3.05, 3.63) is 24.3 Å². The summed E-state index contributed by atoms with van der Waals surface area (Å²) in [5, 5.41) is 13.9. The second-order valence-electron chi connectivity index (χ2n) is 6.87. The molecule has 3 rings (SSSR count). The SMILES string of the molecule is CCNC(=NCC1(O)CCSC1)N1CCN(c2ccc(OC)cc2)CC1.I. The molecule has 1 unspecified atom stereocenters. The van der Waals surface area contributed by atoms with E-state index in [1.54, 1.807) is 7.11 Å². The summed E-state index contributed by atoms with van der Waals surface area (Å²) in [4.78, 5) is 9.43. The first kappa shape index (κ1) is 22.4. The third-order valence-corrected chi connectivity index (χ3v) is 6.19. The molecule has 0 amide bonds. The first-order valence-corrected chi connectivity index (χ1v) is 10.5. The van der Waals surface area contributed by atoms with Gasteiger partial charge in [0.1, 0.15) is 5.75 Å². The fourth-order valence-corrected chi connectivity index (χ4v) is 4.62. The average Bonchev–Trinajstić information content (AvgIpc) is 3.12. The quantitative estimate of drug-likeness (QED) is 0.363. The Labute approximate surface area is 183 Å². The first-order valence-electron chi connectivity index (χ1n) is 9.36. The highest BCUT2D eigenvalue weighted by Crippen LogP contribution is 2.28. The fourth-order valence-electron chi connectivity index (χ4n) is 3.34. The first-order chi connectivity index (χ1) is 12.6. The summed E-state index contributed by atoms with van der Waals surface area (Å²) in [6.07, 6.45) is 0.839. The van der Waals surface area contributed by atoms with Crippen LogP contribution in [0.5, 0.6) is 5.75 Å². The van der Waals surface area contributed by atoms with Gasteiger partial charge in [0.2, 0.25) is 0 Å². The van der Waals surface area contributed by atoms with Gasteiger partial charge in [-0.1, -0.05) is 0 Å². The van der Waals surface area contributed by atoms with Gasteiger partial charge < -0.3 is 25.0 Å². The van der Waals surface area contributed by atoms with Crippen molar-refractivity contribution in [1.82, 2.24) is 10.2 Å². The van der Waals surface area contributed by atoms with Gasteiger partial charge in [-0.15, -0.1) is 24.0 Å². The van der Waals surface area contributed by atoms with Crippen molar-refractivity contribution in [3.63, 3.8) is 0 Å². The van der Waals surface area contributed by atoms with Gasteiger partial charge in [-0.2, -0.15) is 11.8 Å². The van der Waals surface area contributed by atoms with Gasteiger partial charge in [-0.25, -0.2) is 0 Å². The van der Waals surface area contributed by atoms with Gasteiger partial charge in [-0.05, 0) is 43.4 Å². The number of rotatable bonds is 5. The van der Waals surface area contributed by atoms with Crippen molar-refractivity contribution >= 4 is 47.4 Å². The van der Waals surface area contributed by atoms with E-state index in [-0.39, 0.29) is 24.0 Å². The Morgan fingerprint density at radius 3 is 2.52 bits per heavy atom. The van der Waals surface area contributed by atoms with E-state index < -0.39 is 5.60 Å². The highest BCUT2D eigenvalue weighted by atomic mass is 127. The lowest BCUT2D eigenvalue weighted by atomic mass is 10.0. The predicted molar refractivity (Wildman–Crippen MR) is 125 cm³/mol.